The van der Waals surface area contributed by atoms with E-state index in [1.165, 1.54) is 32.3 Å². The van der Waals surface area contributed by atoms with Gasteiger partial charge in [-0.15, -0.1) is 0 Å². The minimum atomic E-state index is 0.639. The predicted molar refractivity (Wildman–Crippen MR) is 96.5 cm³/mol. The van der Waals surface area contributed by atoms with Crippen LogP contribution in [0.15, 0.2) is 60.7 Å². The number of hydrogen-bond donors (Lipinski definition) is 2. The number of nitrogens with two attached hydrogens (primary N) is 2. The minimum absolute atomic E-state index is 0.639. The second-order valence-corrected chi connectivity index (χ2v) is 5.93. The number of rotatable bonds is 0. The van der Waals surface area contributed by atoms with E-state index in [9.17, 15) is 0 Å². The monoisotopic (exact) mass is 282 g/mol. The third-order valence-electron chi connectivity index (χ3n) is 4.67. The molecule has 0 atom stereocenters. The molecule has 0 bridgehead atoms. The van der Waals surface area contributed by atoms with Gasteiger partial charge in [-0.2, -0.15) is 0 Å². The van der Waals surface area contributed by atoms with Crippen molar-refractivity contribution in [2.75, 3.05) is 11.5 Å². The molecule has 4 N–H and O–H groups in total. The van der Waals surface area contributed by atoms with Gasteiger partial charge in [-0.05, 0) is 61.3 Å². The van der Waals surface area contributed by atoms with Crippen LogP contribution in [0.4, 0.5) is 11.4 Å². The maximum absolute atomic E-state index is 6.03. The number of benzene rings is 5. The Morgan fingerprint density at radius 2 is 1.18 bits per heavy atom. The molecule has 0 saturated heterocycles. The van der Waals surface area contributed by atoms with Crippen molar-refractivity contribution in [2.24, 2.45) is 0 Å². The lowest BCUT2D eigenvalue weighted by atomic mass is 9.91. The Hall–Kier alpha value is -3.00. The summed E-state index contributed by atoms with van der Waals surface area (Å²) >= 11 is 0. The fourth-order valence-corrected chi connectivity index (χ4v) is 3.62. The summed E-state index contributed by atoms with van der Waals surface area (Å²) in [5.41, 5.74) is 13.3. The summed E-state index contributed by atoms with van der Waals surface area (Å²) in [4.78, 5) is 0. The van der Waals surface area contributed by atoms with Crippen molar-refractivity contribution in [1.29, 1.82) is 0 Å². The number of fused-ring (bicyclic) bond motifs is 2. The maximum Gasteiger partial charge on any atom is 0.0554 e. The van der Waals surface area contributed by atoms with E-state index in [0.29, 0.717) is 11.4 Å². The third kappa shape index (κ3) is 1.34. The molecule has 0 aromatic heterocycles. The molecular weight excluding hydrogens is 268 g/mol. The molecule has 0 amide bonds. The highest BCUT2D eigenvalue weighted by atomic mass is 14.7. The van der Waals surface area contributed by atoms with E-state index >= 15 is 0 Å². The standard InChI is InChI=1S/C20H14N2/c21-17-9-14-8-13-5-4-11-2-1-3-12-6-7-15(20(13)19(11)12)16(14)10-18(17)22/h1-10H,21-22H2. The zero-order valence-corrected chi connectivity index (χ0v) is 11.9. The second kappa shape index (κ2) is 3.80. The van der Waals surface area contributed by atoms with E-state index in [1.54, 1.807) is 0 Å². The molecule has 0 unspecified atom stereocenters. The Labute approximate surface area is 127 Å². The van der Waals surface area contributed by atoms with Crippen molar-refractivity contribution < 1.29 is 0 Å². The van der Waals surface area contributed by atoms with E-state index in [-0.39, 0.29) is 0 Å². The summed E-state index contributed by atoms with van der Waals surface area (Å²) in [7, 11) is 0. The van der Waals surface area contributed by atoms with Crippen LogP contribution in [0.5, 0.6) is 0 Å². The normalized spacial score (nSPS) is 12.0. The molecule has 0 saturated carbocycles. The van der Waals surface area contributed by atoms with Crippen molar-refractivity contribution in [3.05, 3.63) is 60.7 Å². The molecule has 0 aliphatic heterocycles. The van der Waals surface area contributed by atoms with Gasteiger partial charge in [0.2, 0.25) is 0 Å². The zero-order valence-electron chi connectivity index (χ0n) is 11.9. The summed E-state index contributed by atoms with van der Waals surface area (Å²) in [5.74, 6) is 0. The van der Waals surface area contributed by atoms with Crippen molar-refractivity contribution in [1.82, 2.24) is 0 Å². The summed E-state index contributed by atoms with van der Waals surface area (Å²) in [6, 6.07) is 21.4. The quantitative estimate of drug-likeness (QED) is 0.241. The zero-order chi connectivity index (χ0) is 14.8. The summed E-state index contributed by atoms with van der Waals surface area (Å²) in [6.45, 7) is 0. The molecule has 0 spiro atoms. The maximum atomic E-state index is 6.03. The number of nitrogen functional groups attached to an aromatic ring is 2. The average molecular weight is 282 g/mol. The smallest absolute Gasteiger partial charge is 0.0554 e. The van der Waals surface area contributed by atoms with Gasteiger partial charge in [-0.1, -0.05) is 42.5 Å². The average Bonchev–Trinajstić information content (AvgIpc) is 2.54. The van der Waals surface area contributed by atoms with Crippen molar-refractivity contribution in [2.45, 2.75) is 0 Å². The van der Waals surface area contributed by atoms with Gasteiger partial charge in [0.15, 0.2) is 0 Å². The first kappa shape index (κ1) is 11.6. The van der Waals surface area contributed by atoms with Crippen LogP contribution in [0, 0.1) is 0 Å². The first-order valence-corrected chi connectivity index (χ1v) is 7.37. The van der Waals surface area contributed by atoms with Crippen LogP contribution in [-0.4, -0.2) is 0 Å². The molecule has 22 heavy (non-hydrogen) atoms. The summed E-state index contributed by atoms with van der Waals surface area (Å²) in [6.07, 6.45) is 0. The topological polar surface area (TPSA) is 52.0 Å². The molecule has 5 rings (SSSR count). The molecule has 0 radical (unpaired) electrons. The molecule has 0 aliphatic rings. The van der Waals surface area contributed by atoms with E-state index in [2.05, 4.69) is 48.5 Å². The summed E-state index contributed by atoms with van der Waals surface area (Å²) < 4.78 is 0. The molecule has 2 heteroatoms. The Morgan fingerprint density at radius 1 is 0.500 bits per heavy atom. The molecule has 5 aromatic carbocycles. The first-order chi connectivity index (χ1) is 10.7. The fraction of sp³-hybridized carbons (Fsp3) is 0. The Morgan fingerprint density at radius 3 is 2.00 bits per heavy atom. The SMILES string of the molecule is Nc1cc2cc3ccc4cccc5ccc(c2cc1N)c3c45. The fourth-order valence-electron chi connectivity index (χ4n) is 3.62. The molecule has 5 aromatic rings. The van der Waals surface area contributed by atoms with Crippen molar-refractivity contribution >= 4 is 54.5 Å². The van der Waals surface area contributed by atoms with Gasteiger partial charge in [0.25, 0.3) is 0 Å². The highest BCUT2D eigenvalue weighted by Gasteiger charge is 2.11. The highest BCUT2D eigenvalue weighted by molar-refractivity contribution is 6.29. The Kier molecular flexibility index (Phi) is 2.01. The summed E-state index contributed by atoms with van der Waals surface area (Å²) in [5, 5.41) is 9.98. The highest BCUT2D eigenvalue weighted by Crippen LogP contribution is 2.39. The Balaban J connectivity index is 2.16. The Bertz CT molecular complexity index is 1170. The van der Waals surface area contributed by atoms with E-state index in [0.717, 1.165) is 10.8 Å². The van der Waals surface area contributed by atoms with Crippen molar-refractivity contribution in [3.8, 4) is 0 Å². The lowest BCUT2D eigenvalue weighted by molar-refractivity contribution is 1.73. The largest absolute Gasteiger partial charge is 0.397 e. The van der Waals surface area contributed by atoms with Crippen LogP contribution in [-0.2, 0) is 0 Å². The van der Waals surface area contributed by atoms with Gasteiger partial charge in [-0.25, -0.2) is 0 Å². The van der Waals surface area contributed by atoms with Crippen LogP contribution < -0.4 is 11.5 Å². The lowest BCUT2D eigenvalue weighted by Crippen LogP contribution is -1.94. The molecule has 0 heterocycles. The predicted octanol–water partition coefficient (Wildman–Crippen LogP) is 4.90. The van der Waals surface area contributed by atoms with Crippen LogP contribution in [0.1, 0.15) is 0 Å². The van der Waals surface area contributed by atoms with E-state index < -0.39 is 0 Å². The van der Waals surface area contributed by atoms with Gasteiger partial charge in [0.1, 0.15) is 0 Å². The van der Waals surface area contributed by atoms with Gasteiger partial charge >= 0.3 is 0 Å². The van der Waals surface area contributed by atoms with Gasteiger partial charge < -0.3 is 11.5 Å². The molecule has 2 nitrogen and oxygen atoms in total. The lowest BCUT2D eigenvalue weighted by Gasteiger charge is -2.14. The van der Waals surface area contributed by atoms with Gasteiger partial charge in [0.05, 0.1) is 11.4 Å². The van der Waals surface area contributed by atoms with Crippen LogP contribution in [0.25, 0.3) is 43.1 Å². The van der Waals surface area contributed by atoms with Crippen LogP contribution in [0.3, 0.4) is 0 Å². The molecule has 104 valence electrons. The van der Waals surface area contributed by atoms with Crippen molar-refractivity contribution in [3.63, 3.8) is 0 Å². The molecule has 0 aliphatic carbocycles. The number of hydrogen-bond acceptors (Lipinski definition) is 2. The van der Waals surface area contributed by atoms with Crippen LogP contribution >= 0.6 is 0 Å². The third-order valence-corrected chi connectivity index (χ3v) is 4.67. The van der Waals surface area contributed by atoms with Gasteiger partial charge in [0, 0.05) is 0 Å². The van der Waals surface area contributed by atoms with E-state index in [4.69, 9.17) is 11.5 Å². The number of anilines is 2. The van der Waals surface area contributed by atoms with Crippen LogP contribution in [0.2, 0.25) is 0 Å². The van der Waals surface area contributed by atoms with Gasteiger partial charge in [-0.3, -0.25) is 0 Å². The van der Waals surface area contributed by atoms with E-state index in [1.807, 2.05) is 12.1 Å². The molecular formula is C20H14N2. The second-order valence-electron chi connectivity index (χ2n) is 5.93. The molecule has 0 fully saturated rings. The minimum Gasteiger partial charge on any atom is -0.397 e. The first-order valence-electron chi connectivity index (χ1n) is 7.37.